The average Bonchev–Trinajstić information content (AvgIpc) is 2.78. The lowest BCUT2D eigenvalue weighted by molar-refractivity contribution is -0.139. The van der Waals surface area contributed by atoms with Gasteiger partial charge in [0, 0.05) is 17.7 Å². The summed E-state index contributed by atoms with van der Waals surface area (Å²) in [6, 6.07) is 6.72. The fourth-order valence-corrected chi connectivity index (χ4v) is 1.91. The number of ether oxygens (including phenoxy) is 1. The van der Waals surface area contributed by atoms with Crippen molar-refractivity contribution in [3.05, 3.63) is 47.5 Å². The lowest BCUT2D eigenvalue weighted by Crippen LogP contribution is -2.22. The highest BCUT2D eigenvalue weighted by Gasteiger charge is 2.35. The van der Waals surface area contributed by atoms with Gasteiger partial charge in [0.15, 0.2) is 0 Å². The number of hydrogen-bond acceptors (Lipinski definition) is 5. The van der Waals surface area contributed by atoms with Gasteiger partial charge in [0.05, 0.1) is 5.56 Å². The molecule has 0 radical (unpaired) electrons. The summed E-state index contributed by atoms with van der Waals surface area (Å²) in [5, 5.41) is 18.6. The van der Waals surface area contributed by atoms with Crippen molar-refractivity contribution in [1.82, 2.24) is 4.73 Å². The zero-order valence-corrected chi connectivity index (χ0v) is 11.7. The molecule has 0 aliphatic heterocycles. The number of aromatic nitrogens is 1. The second-order valence-electron chi connectivity index (χ2n) is 4.53. The predicted octanol–water partition coefficient (Wildman–Crippen LogP) is 3.24. The van der Waals surface area contributed by atoms with E-state index in [0.29, 0.717) is 4.73 Å². The minimum Gasteiger partial charge on any atom is -0.492 e. The maximum Gasteiger partial charge on any atom is 0.534 e. The molecule has 1 aromatic heterocycles. The maximum atomic E-state index is 12.9. The molecule has 1 heterocycles. The van der Waals surface area contributed by atoms with Crippen LogP contribution in [-0.2, 0) is 10.9 Å². The summed E-state index contributed by atoms with van der Waals surface area (Å²) in [7, 11) is 0. The first-order valence-corrected chi connectivity index (χ1v) is 6.35. The Hall–Kier alpha value is -2.84. The number of benzene rings is 1. The van der Waals surface area contributed by atoms with E-state index in [2.05, 4.69) is 4.84 Å². The number of carbonyl (C=O) groups excluding carboxylic acids is 1. The Morgan fingerprint density at radius 1 is 1.13 bits per heavy atom. The molecule has 1 aromatic carbocycles. The second kappa shape index (κ2) is 6.11. The minimum absolute atomic E-state index is 0.252. The minimum atomic E-state index is -4.60. The molecule has 23 heavy (non-hydrogen) atoms. The van der Waals surface area contributed by atoms with Crippen LogP contribution in [0, 0.1) is 0 Å². The average molecular weight is 331 g/mol. The lowest BCUT2D eigenvalue weighted by atomic mass is 10.0. The molecule has 0 fully saturated rings. The summed E-state index contributed by atoms with van der Waals surface area (Å²) in [6.07, 6.45) is -7.26. The van der Waals surface area contributed by atoms with Crippen LogP contribution in [0.5, 0.6) is 11.8 Å². The number of hydrogen-bond donors (Lipinski definition) is 2. The van der Waals surface area contributed by atoms with E-state index in [4.69, 9.17) is 4.74 Å². The molecule has 2 aromatic rings. The van der Waals surface area contributed by atoms with Crippen molar-refractivity contribution < 1.29 is 37.8 Å². The Balaban J connectivity index is 2.14. The Kier molecular flexibility index (Phi) is 4.39. The molecule has 1 unspecified atom stereocenters. The first kappa shape index (κ1) is 16.5. The van der Waals surface area contributed by atoms with Gasteiger partial charge in [0.25, 0.3) is 0 Å². The molecule has 124 valence electrons. The van der Waals surface area contributed by atoms with Crippen LogP contribution in [0.1, 0.15) is 24.2 Å². The molecule has 0 saturated heterocycles. The molecule has 9 heteroatoms. The molecule has 0 amide bonds. The maximum absolute atomic E-state index is 12.9. The van der Waals surface area contributed by atoms with Crippen LogP contribution in [0.4, 0.5) is 18.0 Å². The van der Waals surface area contributed by atoms with Crippen molar-refractivity contribution in [1.29, 1.82) is 0 Å². The summed E-state index contributed by atoms with van der Waals surface area (Å²) < 4.78 is 43.9. The molecule has 1 atom stereocenters. The Morgan fingerprint density at radius 3 is 2.26 bits per heavy atom. The third-order valence-electron chi connectivity index (χ3n) is 2.94. The highest BCUT2D eigenvalue weighted by molar-refractivity contribution is 5.61. The molecule has 0 saturated carbocycles. The fourth-order valence-electron chi connectivity index (χ4n) is 1.91. The predicted molar refractivity (Wildman–Crippen MR) is 70.7 cm³/mol. The molecular formula is C14H12F3NO5. The van der Waals surface area contributed by atoms with Crippen LogP contribution in [0.3, 0.4) is 0 Å². The summed E-state index contributed by atoms with van der Waals surface area (Å²) >= 11 is 0. The highest BCUT2D eigenvalue weighted by atomic mass is 19.4. The molecule has 0 aliphatic carbocycles. The van der Waals surface area contributed by atoms with Gasteiger partial charge in [0.2, 0.25) is 11.8 Å². The number of halogens is 3. The van der Waals surface area contributed by atoms with E-state index >= 15 is 0 Å². The van der Waals surface area contributed by atoms with Crippen LogP contribution in [-0.4, -0.2) is 21.1 Å². The van der Waals surface area contributed by atoms with Gasteiger partial charge in [0.1, 0.15) is 6.10 Å². The standard InChI is InChI=1S/C14H12F3NO5/c1-8(9-4-2-3-5-10(9)14(15,16)17)22-13(21)23-18-11(19)6-7-12(18)20/h2-8,19-20H,1H3. The van der Waals surface area contributed by atoms with Crippen LogP contribution in [0.15, 0.2) is 36.4 Å². The van der Waals surface area contributed by atoms with Crippen molar-refractivity contribution >= 4 is 6.16 Å². The molecule has 6 nitrogen and oxygen atoms in total. The van der Waals surface area contributed by atoms with Gasteiger partial charge < -0.3 is 14.9 Å². The zero-order chi connectivity index (χ0) is 17.2. The first-order valence-electron chi connectivity index (χ1n) is 6.35. The lowest BCUT2D eigenvalue weighted by Gasteiger charge is -2.18. The quantitative estimate of drug-likeness (QED) is 0.844. The van der Waals surface area contributed by atoms with Gasteiger partial charge in [-0.2, -0.15) is 13.2 Å². The Labute approximate surface area is 128 Å². The van der Waals surface area contributed by atoms with Crippen molar-refractivity contribution in [3.8, 4) is 11.8 Å². The smallest absolute Gasteiger partial charge is 0.492 e. The van der Waals surface area contributed by atoms with Crippen LogP contribution in [0.2, 0.25) is 0 Å². The van der Waals surface area contributed by atoms with Gasteiger partial charge >= 0.3 is 12.3 Å². The van der Waals surface area contributed by atoms with Crippen LogP contribution >= 0.6 is 0 Å². The molecular weight excluding hydrogens is 319 g/mol. The Bertz CT molecular complexity index is 691. The number of rotatable bonds is 3. The summed E-state index contributed by atoms with van der Waals surface area (Å²) in [6.45, 7) is 1.24. The van der Waals surface area contributed by atoms with E-state index in [1.165, 1.54) is 25.1 Å². The number of alkyl halides is 3. The van der Waals surface area contributed by atoms with Crippen LogP contribution in [0.25, 0.3) is 0 Å². The van der Waals surface area contributed by atoms with Crippen molar-refractivity contribution in [3.63, 3.8) is 0 Å². The highest BCUT2D eigenvalue weighted by Crippen LogP contribution is 2.35. The SMILES string of the molecule is CC(OC(=O)On1c(O)ccc1O)c1ccccc1C(F)(F)F. The first-order chi connectivity index (χ1) is 10.7. The van der Waals surface area contributed by atoms with E-state index in [1.807, 2.05) is 0 Å². The molecule has 0 bridgehead atoms. The normalized spacial score (nSPS) is 12.7. The topological polar surface area (TPSA) is 80.9 Å². The van der Waals surface area contributed by atoms with E-state index < -0.39 is 35.8 Å². The molecule has 2 rings (SSSR count). The van der Waals surface area contributed by atoms with Crippen molar-refractivity contribution in [2.75, 3.05) is 0 Å². The molecule has 0 aliphatic rings. The van der Waals surface area contributed by atoms with Gasteiger partial charge in [-0.05, 0) is 13.0 Å². The van der Waals surface area contributed by atoms with Gasteiger partial charge in [-0.1, -0.05) is 18.2 Å². The third kappa shape index (κ3) is 3.68. The number of carbonyl (C=O) groups is 1. The van der Waals surface area contributed by atoms with E-state index in [0.717, 1.165) is 18.2 Å². The Morgan fingerprint density at radius 2 is 1.70 bits per heavy atom. The van der Waals surface area contributed by atoms with Gasteiger partial charge in [-0.15, -0.1) is 4.73 Å². The number of nitrogens with zero attached hydrogens (tertiary/aromatic N) is 1. The summed E-state index contributed by atoms with van der Waals surface area (Å²) in [5.41, 5.74) is -1.19. The van der Waals surface area contributed by atoms with E-state index in [9.17, 15) is 28.2 Å². The molecule has 2 N–H and O–H groups in total. The van der Waals surface area contributed by atoms with Gasteiger partial charge in [-0.3, -0.25) is 4.84 Å². The van der Waals surface area contributed by atoms with Crippen LogP contribution < -0.4 is 4.84 Å². The summed E-state index contributed by atoms with van der Waals surface area (Å²) in [5.74, 6) is -1.16. The van der Waals surface area contributed by atoms with Crippen molar-refractivity contribution in [2.45, 2.75) is 19.2 Å². The van der Waals surface area contributed by atoms with Crippen molar-refractivity contribution in [2.24, 2.45) is 0 Å². The largest absolute Gasteiger partial charge is 0.534 e. The van der Waals surface area contributed by atoms with E-state index in [-0.39, 0.29) is 5.56 Å². The fraction of sp³-hybridized carbons (Fsp3) is 0.214. The summed E-state index contributed by atoms with van der Waals surface area (Å²) in [4.78, 5) is 16.1. The van der Waals surface area contributed by atoms with E-state index in [1.54, 1.807) is 0 Å². The number of aromatic hydroxyl groups is 2. The third-order valence-corrected chi connectivity index (χ3v) is 2.94. The van der Waals surface area contributed by atoms with Gasteiger partial charge in [-0.25, -0.2) is 4.79 Å². The zero-order valence-electron chi connectivity index (χ0n) is 11.7. The monoisotopic (exact) mass is 331 g/mol. The second-order valence-corrected chi connectivity index (χ2v) is 4.53. The molecule has 0 spiro atoms.